The van der Waals surface area contributed by atoms with Gasteiger partial charge in [0.25, 0.3) is 0 Å². The Balaban J connectivity index is 1.55. The zero-order valence-electron chi connectivity index (χ0n) is 15.0. The number of aryl methyl sites for hydroxylation is 1. The van der Waals surface area contributed by atoms with Crippen LogP contribution in [0.4, 0.5) is 0 Å². The van der Waals surface area contributed by atoms with Crippen LogP contribution in [0.1, 0.15) is 36.8 Å². The minimum Gasteiger partial charge on any atom is -0.381 e. The van der Waals surface area contributed by atoms with Crippen LogP contribution < -0.4 is 5.32 Å². The highest BCUT2D eigenvalue weighted by Gasteiger charge is 2.34. The summed E-state index contributed by atoms with van der Waals surface area (Å²) in [4.78, 5) is 12.4. The molecule has 0 radical (unpaired) electrons. The van der Waals surface area contributed by atoms with Crippen LogP contribution in [-0.2, 0) is 21.4 Å². The largest absolute Gasteiger partial charge is 0.381 e. The van der Waals surface area contributed by atoms with E-state index in [2.05, 4.69) is 51.6 Å². The molecule has 0 unspecified atom stereocenters. The van der Waals surface area contributed by atoms with Crippen LogP contribution in [0.2, 0.25) is 0 Å². The van der Waals surface area contributed by atoms with Crippen molar-refractivity contribution in [3.63, 3.8) is 0 Å². The van der Waals surface area contributed by atoms with Crippen LogP contribution in [-0.4, -0.2) is 25.7 Å². The normalized spacial score (nSPS) is 16.2. The molecule has 0 atom stereocenters. The first-order chi connectivity index (χ1) is 12.7. The molecule has 0 aliphatic carbocycles. The maximum atomic E-state index is 12.4. The first kappa shape index (κ1) is 19.1. The van der Waals surface area contributed by atoms with Gasteiger partial charge in [-0.2, -0.15) is 0 Å². The summed E-state index contributed by atoms with van der Waals surface area (Å²) in [6.07, 6.45) is 4.27. The summed E-state index contributed by atoms with van der Waals surface area (Å²) in [6, 6.07) is 18.8. The quantitative estimate of drug-likeness (QED) is 0.715. The Morgan fingerprint density at radius 3 is 2.58 bits per heavy atom. The molecule has 1 heterocycles. The summed E-state index contributed by atoms with van der Waals surface area (Å²) in [5.74, 6) is 0.141. The molecule has 3 rings (SSSR count). The van der Waals surface area contributed by atoms with Gasteiger partial charge in [-0.15, -0.1) is 0 Å². The lowest BCUT2D eigenvalue weighted by molar-refractivity contribution is -0.121. The summed E-state index contributed by atoms with van der Waals surface area (Å²) in [5.41, 5.74) is 2.53. The van der Waals surface area contributed by atoms with Crippen molar-refractivity contribution in [3.8, 4) is 0 Å². The Bertz CT molecular complexity index is 711. The van der Waals surface area contributed by atoms with Gasteiger partial charge in [-0.1, -0.05) is 58.4 Å². The molecule has 1 N–H and O–H groups in total. The molecule has 0 bridgehead atoms. The SMILES string of the molecule is O=C(CCCc1ccccc1)NCC1(c2cccc(Br)c2)CCOCC1. The number of hydrogen-bond acceptors (Lipinski definition) is 2. The second-order valence-electron chi connectivity index (χ2n) is 7.02. The topological polar surface area (TPSA) is 38.3 Å². The van der Waals surface area contributed by atoms with E-state index in [0.717, 1.165) is 43.4 Å². The fourth-order valence-corrected chi connectivity index (χ4v) is 4.00. The summed E-state index contributed by atoms with van der Waals surface area (Å²) in [6.45, 7) is 2.17. The monoisotopic (exact) mass is 415 g/mol. The van der Waals surface area contributed by atoms with E-state index in [1.165, 1.54) is 11.1 Å². The van der Waals surface area contributed by atoms with Crippen molar-refractivity contribution in [1.82, 2.24) is 5.32 Å². The fourth-order valence-electron chi connectivity index (χ4n) is 3.60. The van der Waals surface area contributed by atoms with Gasteiger partial charge in [0.05, 0.1) is 0 Å². The van der Waals surface area contributed by atoms with Crippen molar-refractivity contribution in [3.05, 3.63) is 70.2 Å². The molecule has 1 aliphatic heterocycles. The van der Waals surface area contributed by atoms with Gasteiger partial charge >= 0.3 is 0 Å². The van der Waals surface area contributed by atoms with E-state index in [1.54, 1.807) is 0 Å². The number of nitrogens with one attached hydrogen (secondary N) is 1. The second-order valence-corrected chi connectivity index (χ2v) is 7.93. The van der Waals surface area contributed by atoms with Crippen molar-refractivity contribution in [2.45, 2.75) is 37.5 Å². The molecular formula is C22H26BrNO2. The number of benzene rings is 2. The Labute approximate surface area is 164 Å². The van der Waals surface area contributed by atoms with Gasteiger partial charge in [-0.25, -0.2) is 0 Å². The van der Waals surface area contributed by atoms with Crippen molar-refractivity contribution in [2.24, 2.45) is 0 Å². The third-order valence-corrected chi connectivity index (χ3v) is 5.72. The Kier molecular flexibility index (Phi) is 6.86. The summed E-state index contributed by atoms with van der Waals surface area (Å²) < 4.78 is 6.65. The van der Waals surface area contributed by atoms with Gasteiger partial charge < -0.3 is 10.1 Å². The smallest absolute Gasteiger partial charge is 0.220 e. The Morgan fingerprint density at radius 1 is 1.08 bits per heavy atom. The molecule has 2 aromatic carbocycles. The Hall–Kier alpha value is -1.65. The predicted octanol–water partition coefficient (Wildman–Crippen LogP) is 4.64. The summed E-state index contributed by atoms with van der Waals surface area (Å²) in [5, 5.41) is 3.19. The van der Waals surface area contributed by atoms with Crippen LogP contribution in [0.25, 0.3) is 0 Å². The lowest BCUT2D eigenvalue weighted by Crippen LogP contribution is -2.44. The van der Waals surface area contributed by atoms with E-state index >= 15 is 0 Å². The van der Waals surface area contributed by atoms with Crippen LogP contribution in [0.5, 0.6) is 0 Å². The number of ether oxygens (including phenoxy) is 1. The maximum Gasteiger partial charge on any atom is 0.220 e. The predicted molar refractivity (Wildman–Crippen MR) is 108 cm³/mol. The van der Waals surface area contributed by atoms with E-state index in [0.29, 0.717) is 13.0 Å². The molecule has 4 heteroatoms. The number of carbonyl (C=O) groups excluding carboxylic acids is 1. The van der Waals surface area contributed by atoms with E-state index in [-0.39, 0.29) is 11.3 Å². The number of halogens is 1. The minimum absolute atomic E-state index is 0.0306. The van der Waals surface area contributed by atoms with Gasteiger partial charge in [0.1, 0.15) is 0 Å². The maximum absolute atomic E-state index is 12.4. The third kappa shape index (κ3) is 5.18. The fraction of sp³-hybridized carbons (Fsp3) is 0.409. The number of amides is 1. The first-order valence-electron chi connectivity index (χ1n) is 9.32. The van der Waals surface area contributed by atoms with Crippen LogP contribution in [0.3, 0.4) is 0 Å². The molecule has 0 spiro atoms. The molecule has 1 fully saturated rings. The lowest BCUT2D eigenvalue weighted by Gasteiger charge is -2.38. The summed E-state index contributed by atoms with van der Waals surface area (Å²) in [7, 11) is 0. The van der Waals surface area contributed by atoms with E-state index in [9.17, 15) is 4.79 Å². The van der Waals surface area contributed by atoms with Gasteiger partial charge in [0.15, 0.2) is 0 Å². The van der Waals surface area contributed by atoms with E-state index < -0.39 is 0 Å². The van der Waals surface area contributed by atoms with Gasteiger partial charge in [-0.05, 0) is 48.9 Å². The molecule has 1 aliphatic rings. The Morgan fingerprint density at radius 2 is 1.85 bits per heavy atom. The molecule has 1 saturated heterocycles. The molecule has 138 valence electrons. The van der Waals surface area contributed by atoms with Crippen molar-refractivity contribution >= 4 is 21.8 Å². The molecule has 1 amide bonds. The zero-order chi connectivity index (χ0) is 18.2. The number of hydrogen-bond donors (Lipinski definition) is 1. The average molecular weight is 416 g/mol. The van der Waals surface area contributed by atoms with Gasteiger partial charge in [-0.3, -0.25) is 4.79 Å². The second kappa shape index (κ2) is 9.33. The highest BCUT2D eigenvalue weighted by molar-refractivity contribution is 9.10. The highest BCUT2D eigenvalue weighted by atomic mass is 79.9. The first-order valence-corrected chi connectivity index (χ1v) is 10.1. The standard InChI is InChI=1S/C22H26BrNO2/c23-20-10-5-9-19(16-20)22(12-14-26-15-13-22)17-24-21(25)11-4-8-18-6-2-1-3-7-18/h1-3,5-7,9-10,16H,4,8,11-15,17H2,(H,24,25). The molecule has 2 aromatic rings. The van der Waals surface area contributed by atoms with Crippen LogP contribution in [0, 0.1) is 0 Å². The van der Waals surface area contributed by atoms with Crippen molar-refractivity contribution in [2.75, 3.05) is 19.8 Å². The number of carbonyl (C=O) groups is 1. The van der Waals surface area contributed by atoms with Gasteiger partial charge in [0.2, 0.25) is 5.91 Å². The third-order valence-electron chi connectivity index (χ3n) is 5.22. The van der Waals surface area contributed by atoms with Crippen molar-refractivity contribution in [1.29, 1.82) is 0 Å². The molecular weight excluding hydrogens is 390 g/mol. The molecule has 26 heavy (non-hydrogen) atoms. The zero-order valence-corrected chi connectivity index (χ0v) is 16.6. The molecule has 0 aromatic heterocycles. The van der Waals surface area contributed by atoms with Crippen molar-refractivity contribution < 1.29 is 9.53 Å². The highest BCUT2D eigenvalue weighted by Crippen LogP contribution is 2.35. The van der Waals surface area contributed by atoms with Crippen LogP contribution in [0.15, 0.2) is 59.1 Å². The minimum atomic E-state index is -0.0306. The number of rotatable bonds is 7. The van der Waals surface area contributed by atoms with Crippen LogP contribution >= 0.6 is 15.9 Å². The molecule has 3 nitrogen and oxygen atoms in total. The van der Waals surface area contributed by atoms with E-state index in [1.807, 2.05) is 24.3 Å². The van der Waals surface area contributed by atoms with E-state index in [4.69, 9.17) is 4.74 Å². The average Bonchev–Trinajstić information content (AvgIpc) is 2.68. The molecule has 0 saturated carbocycles. The van der Waals surface area contributed by atoms with Gasteiger partial charge in [0, 0.05) is 36.1 Å². The summed E-state index contributed by atoms with van der Waals surface area (Å²) >= 11 is 3.57. The lowest BCUT2D eigenvalue weighted by atomic mass is 9.74.